The second kappa shape index (κ2) is 5.16. The number of hydrogen-bond acceptors (Lipinski definition) is 2. The molecule has 0 heterocycles. The zero-order valence-electron chi connectivity index (χ0n) is 8.77. The fourth-order valence-corrected chi connectivity index (χ4v) is 1.31. The molecule has 0 aliphatic rings. The van der Waals surface area contributed by atoms with Gasteiger partial charge in [-0.3, -0.25) is 9.90 Å². The van der Waals surface area contributed by atoms with Crippen LogP contribution in [0.25, 0.3) is 0 Å². The maximum absolute atomic E-state index is 10.8. The molecule has 0 aliphatic carbocycles. The number of benzene rings is 1. The van der Waals surface area contributed by atoms with Crippen molar-refractivity contribution in [3.8, 4) is 5.75 Å². The van der Waals surface area contributed by atoms with E-state index < -0.39 is 17.9 Å². The van der Waals surface area contributed by atoms with Gasteiger partial charge >= 0.3 is 5.97 Å². The van der Waals surface area contributed by atoms with Gasteiger partial charge in [0.1, 0.15) is 6.04 Å². The molecule has 1 aromatic rings. The van der Waals surface area contributed by atoms with E-state index in [0.717, 1.165) is 0 Å². The summed E-state index contributed by atoms with van der Waals surface area (Å²) in [7, 11) is 0. The smallest absolute Gasteiger partial charge is 0.326 e. The Morgan fingerprint density at radius 1 is 1.31 bits per heavy atom. The fourth-order valence-electron chi connectivity index (χ4n) is 1.31. The largest absolute Gasteiger partial charge is 0.480 e. The lowest BCUT2D eigenvalue weighted by Gasteiger charge is -2.12. The van der Waals surface area contributed by atoms with Gasteiger partial charge in [-0.2, -0.15) is 0 Å². The highest BCUT2D eigenvalue weighted by Crippen LogP contribution is 2.12. The van der Waals surface area contributed by atoms with Crippen LogP contribution in [0.4, 0.5) is 0 Å². The third kappa shape index (κ3) is 3.61. The Hall–Kier alpha value is -2.04. The van der Waals surface area contributed by atoms with Gasteiger partial charge in [0.25, 0.3) is 0 Å². The van der Waals surface area contributed by atoms with Crippen molar-refractivity contribution in [1.82, 2.24) is 5.32 Å². The Balaban J connectivity index is 2.71. The van der Waals surface area contributed by atoms with Gasteiger partial charge in [0.2, 0.25) is 5.91 Å². The summed E-state index contributed by atoms with van der Waals surface area (Å²) >= 11 is 0. The van der Waals surface area contributed by atoms with E-state index in [1.165, 1.54) is 19.1 Å². The Labute approximate surface area is 92.7 Å². The summed E-state index contributed by atoms with van der Waals surface area (Å²) < 4.78 is 0. The quantitative estimate of drug-likeness (QED) is 0.795. The van der Waals surface area contributed by atoms with Crippen molar-refractivity contribution in [1.29, 1.82) is 0 Å². The standard InChI is InChI=1S/C11H12NO4/c1-7(13)12-10(11(15)16)6-8-2-4-9(14)5-3-8/h2-5,10H,6H2,1H3,(H,12,13)(H,15,16)/t10-/m0/s1. The number of aliphatic carboxylic acids is 1. The van der Waals surface area contributed by atoms with Gasteiger partial charge in [0.15, 0.2) is 5.75 Å². The number of nitrogens with one attached hydrogen (secondary N) is 1. The number of carboxylic acid groups (broad SMARTS) is 1. The van der Waals surface area contributed by atoms with Crippen molar-refractivity contribution in [2.24, 2.45) is 0 Å². The highest BCUT2D eigenvalue weighted by Gasteiger charge is 2.18. The number of hydrogen-bond donors (Lipinski definition) is 2. The number of carbonyl (C=O) groups excluding carboxylic acids is 1. The van der Waals surface area contributed by atoms with Crippen molar-refractivity contribution in [2.45, 2.75) is 19.4 Å². The predicted molar refractivity (Wildman–Crippen MR) is 55.5 cm³/mol. The Kier molecular flexibility index (Phi) is 3.88. The van der Waals surface area contributed by atoms with Crippen LogP contribution in [0.2, 0.25) is 0 Å². The van der Waals surface area contributed by atoms with Crippen molar-refractivity contribution < 1.29 is 19.8 Å². The summed E-state index contributed by atoms with van der Waals surface area (Å²) in [4.78, 5) is 21.6. The molecular formula is C11H12NO4. The fraction of sp³-hybridized carbons (Fsp3) is 0.273. The van der Waals surface area contributed by atoms with E-state index in [2.05, 4.69) is 5.32 Å². The van der Waals surface area contributed by atoms with E-state index in [9.17, 15) is 14.7 Å². The Morgan fingerprint density at radius 3 is 2.31 bits per heavy atom. The molecule has 85 valence electrons. The van der Waals surface area contributed by atoms with E-state index in [0.29, 0.717) is 5.56 Å². The molecule has 0 fully saturated rings. The molecule has 1 aromatic carbocycles. The van der Waals surface area contributed by atoms with Crippen LogP contribution in [0.15, 0.2) is 24.3 Å². The van der Waals surface area contributed by atoms with Crippen LogP contribution in [0.5, 0.6) is 5.75 Å². The summed E-state index contributed by atoms with van der Waals surface area (Å²) in [6.45, 7) is 1.26. The molecule has 1 amide bonds. The molecule has 5 heteroatoms. The lowest BCUT2D eigenvalue weighted by molar-refractivity contribution is -0.141. The van der Waals surface area contributed by atoms with Crippen LogP contribution in [0.3, 0.4) is 0 Å². The molecule has 0 aromatic heterocycles. The van der Waals surface area contributed by atoms with Gasteiger partial charge in [-0.25, -0.2) is 4.79 Å². The third-order valence-corrected chi connectivity index (χ3v) is 2.04. The van der Waals surface area contributed by atoms with Crippen LogP contribution in [-0.4, -0.2) is 23.0 Å². The van der Waals surface area contributed by atoms with Gasteiger partial charge in [-0.05, 0) is 17.7 Å². The molecule has 1 rings (SSSR count). The topological polar surface area (TPSA) is 86.3 Å². The lowest BCUT2D eigenvalue weighted by atomic mass is 10.1. The van der Waals surface area contributed by atoms with Crippen LogP contribution in [-0.2, 0) is 21.1 Å². The molecule has 2 N–H and O–H groups in total. The minimum Gasteiger partial charge on any atom is -0.480 e. The maximum Gasteiger partial charge on any atom is 0.326 e. The van der Waals surface area contributed by atoms with Crippen molar-refractivity contribution in [3.05, 3.63) is 29.8 Å². The maximum atomic E-state index is 10.8. The first kappa shape index (κ1) is 12.0. The van der Waals surface area contributed by atoms with Crippen molar-refractivity contribution in [3.63, 3.8) is 0 Å². The summed E-state index contributed by atoms with van der Waals surface area (Å²) in [6, 6.07) is 4.87. The zero-order chi connectivity index (χ0) is 12.1. The van der Waals surface area contributed by atoms with E-state index in [1.54, 1.807) is 12.1 Å². The molecule has 1 atom stereocenters. The van der Waals surface area contributed by atoms with Crippen molar-refractivity contribution in [2.75, 3.05) is 0 Å². The Morgan fingerprint density at radius 2 is 1.88 bits per heavy atom. The number of rotatable bonds is 4. The summed E-state index contributed by atoms with van der Waals surface area (Å²) in [5.74, 6) is -1.62. The summed E-state index contributed by atoms with van der Waals surface area (Å²) in [5.41, 5.74) is 0.695. The van der Waals surface area contributed by atoms with Gasteiger partial charge in [0, 0.05) is 13.3 Å². The highest BCUT2D eigenvalue weighted by molar-refractivity contribution is 5.82. The SMILES string of the molecule is CC(=O)N[C@@H](Cc1ccc([O])cc1)C(=O)O. The molecule has 0 saturated carbocycles. The molecule has 0 saturated heterocycles. The predicted octanol–water partition coefficient (Wildman–Crippen LogP) is 0.962. The van der Waals surface area contributed by atoms with Crippen LogP contribution in [0.1, 0.15) is 12.5 Å². The highest BCUT2D eigenvalue weighted by atomic mass is 16.4. The molecule has 16 heavy (non-hydrogen) atoms. The monoisotopic (exact) mass is 222 g/mol. The molecular weight excluding hydrogens is 210 g/mol. The van der Waals surface area contributed by atoms with E-state index in [1.807, 2.05) is 0 Å². The third-order valence-electron chi connectivity index (χ3n) is 2.04. The zero-order valence-corrected chi connectivity index (χ0v) is 8.77. The van der Waals surface area contributed by atoms with Gasteiger partial charge in [0.05, 0.1) is 0 Å². The first-order valence-electron chi connectivity index (χ1n) is 4.75. The Bertz CT molecular complexity index is 385. The molecule has 0 aliphatic heterocycles. The normalized spacial score (nSPS) is 11.8. The second-order valence-electron chi connectivity index (χ2n) is 3.44. The average molecular weight is 222 g/mol. The van der Waals surface area contributed by atoms with E-state index in [-0.39, 0.29) is 12.2 Å². The molecule has 0 unspecified atom stereocenters. The average Bonchev–Trinajstić information content (AvgIpc) is 2.19. The van der Waals surface area contributed by atoms with Gasteiger partial charge < -0.3 is 10.4 Å². The van der Waals surface area contributed by atoms with Gasteiger partial charge in [-0.1, -0.05) is 12.1 Å². The number of carbonyl (C=O) groups is 2. The minimum absolute atomic E-state index is 0.129. The van der Waals surface area contributed by atoms with Crippen LogP contribution in [0, 0.1) is 0 Å². The van der Waals surface area contributed by atoms with Crippen molar-refractivity contribution >= 4 is 11.9 Å². The minimum atomic E-state index is -1.10. The van der Waals surface area contributed by atoms with E-state index in [4.69, 9.17) is 5.11 Å². The first-order valence-corrected chi connectivity index (χ1v) is 4.75. The summed E-state index contributed by atoms with van der Waals surface area (Å²) in [5, 5.41) is 22.0. The second-order valence-corrected chi connectivity index (χ2v) is 3.44. The molecule has 0 bridgehead atoms. The van der Waals surface area contributed by atoms with Gasteiger partial charge in [-0.15, -0.1) is 0 Å². The van der Waals surface area contributed by atoms with E-state index >= 15 is 0 Å². The lowest BCUT2D eigenvalue weighted by Crippen LogP contribution is -2.41. The van der Waals surface area contributed by atoms with Crippen LogP contribution < -0.4 is 5.32 Å². The molecule has 0 spiro atoms. The molecule has 1 radical (unpaired) electrons. The number of carboxylic acids is 1. The molecule has 5 nitrogen and oxygen atoms in total. The van der Waals surface area contributed by atoms with Crippen LogP contribution >= 0.6 is 0 Å². The number of amides is 1. The first-order chi connectivity index (χ1) is 7.49. The summed E-state index contributed by atoms with van der Waals surface area (Å²) in [6.07, 6.45) is 0.162.